The van der Waals surface area contributed by atoms with Crippen molar-refractivity contribution >= 4 is 33.4 Å². The van der Waals surface area contributed by atoms with Gasteiger partial charge in [-0.15, -0.1) is 15.3 Å². The predicted octanol–water partition coefficient (Wildman–Crippen LogP) is 3.14. The van der Waals surface area contributed by atoms with Crippen molar-refractivity contribution in [1.82, 2.24) is 30.1 Å². The number of carbonyl (C=O) groups excluding carboxylic acids is 1. The second kappa shape index (κ2) is 8.26. The number of fused-ring (bicyclic) bond motifs is 1. The summed E-state index contributed by atoms with van der Waals surface area (Å²) in [7, 11) is 0. The summed E-state index contributed by atoms with van der Waals surface area (Å²) < 4.78 is 40.3. The molecule has 1 fully saturated rings. The smallest absolute Gasteiger partial charge is 0.299 e. The maximum Gasteiger partial charge on any atom is 0.416 e. The molecule has 160 valence electrons. The van der Waals surface area contributed by atoms with Crippen LogP contribution in [0.4, 0.5) is 18.3 Å². The number of anilines is 1. The van der Waals surface area contributed by atoms with Crippen molar-refractivity contribution in [3.63, 3.8) is 0 Å². The Bertz CT molecular complexity index is 1040. The summed E-state index contributed by atoms with van der Waals surface area (Å²) in [6.45, 7) is 3.58. The Kier molecular flexibility index (Phi) is 5.69. The molecule has 12 heteroatoms. The minimum atomic E-state index is -4.41. The number of amides is 1. The molecule has 3 heterocycles. The van der Waals surface area contributed by atoms with Gasteiger partial charge in [0.1, 0.15) is 10.5 Å². The monoisotopic (exact) mass is 439 g/mol. The second-order valence-corrected chi connectivity index (χ2v) is 8.21. The fraction of sp³-hybridized carbons (Fsp3) is 0.500. The number of hydrogen-bond donors (Lipinski definition) is 1. The van der Waals surface area contributed by atoms with Crippen LogP contribution in [0.1, 0.15) is 36.4 Å². The van der Waals surface area contributed by atoms with Gasteiger partial charge in [-0.3, -0.25) is 15.0 Å². The van der Waals surface area contributed by atoms with E-state index in [9.17, 15) is 18.0 Å². The lowest BCUT2D eigenvalue weighted by molar-refractivity contribution is -0.137. The fourth-order valence-corrected chi connectivity index (χ4v) is 4.21. The third-order valence-electron chi connectivity index (χ3n) is 5.08. The zero-order chi connectivity index (χ0) is 21.3. The van der Waals surface area contributed by atoms with Crippen molar-refractivity contribution in [3.05, 3.63) is 28.8 Å². The minimum Gasteiger partial charge on any atom is -0.299 e. The highest BCUT2D eigenvalue weighted by molar-refractivity contribution is 7.15. The van der Waals surface area contributed by atoms with Crippen LogP contribution >= 0.6 is 11.3 Å². The lowest BCUT2D eigenvalue weighted by Gasteiger charge is -2.31. The number of rotatable bonds is 5. The zero-order valence-corrected chi connectivity index (χ0v) is 17.0. The van der Waals surface area contributed by atoms with Gasteiger partial charge in [-0.25, -0.2) is 4.68 Å². The van der Waals surface area contributed by atoms with E-state index in [4.69, 9.17) is 0 Å². The fourth-order valence-electron chi connectivity index (χ4n) is 3.52. The molecule has 0 atom stereocenters. The Morgan fingerprint density at radius 2 is 2.00 bits per heavy atom. The van der Waals surface area contributed by atoms with Gasteiger partial charge < -0.3 is 0 Å². The average molecular weight is 439 g/mol. The first-order valence-electron chi connectivity index (χ1n) is 9.60. The molecule has 2 aromatic heterocycles. The Morgan fingerprint density at radius 3 is 2.67 bits per heavy atom. The normalized spacial score (nSPS) is 16.3. The summed E-state index contributed by atoms with van der Waals surface area (Å²) in [5, 5.41) is 20.1. The molecule has 30 heavy (non-hydrogen) atoms. The maximum atomic E-state index is 12.9. The number of halogens is 3. The van der Waals surface area contributed by atoms with E-state index < -0.39 is 11.7 Å². The van der Waals surface area contributed by atoms with Crippen molar-refractivity contribution in [2.45, 2.75) is 38.4 Å². The predicted molar refractivity (Wildman–Crippen MR) is 105 cm³/mol. The van der Waals surface area contributed by atoms with Gasteiger partial charge in [0, 0.05) is 13.1 Å². The molecule has 0 saturated carbocycles. The van der Waals surface area contributed by atoms with Crippen LogP contribution in [0.2, 0.25) is 0 Å². The summed E-state index contributed by atoms with van der Waals surface area (Å²) in [6.07, 6.45) is -2.18. The Labute approximate surface area is 174 Å². The Balaban J connectivity index is 1.34. The van der Waals surface area contributed by atoms with E-state index in [0.717, 1.165) is 36.4 Å². The quantitative estimate of drug-likeness (QED) is 0.657. The van der Waals surface area contributed by atoms with E-state index in [1.807, 2.05) is 11.8 Å². The number of carbonyl (C=O) groups is 1. The number of nitrogens with one attached hydrogen (secondary N) is 1. The molecule has 0 bridgehead atoms. The number of aryl methyl sites for hydroxylation is 1. The average Bonchev–Trinajstić information content (AvgIpc) is 3.34. The van der Waals surface area contributed by atoms with E-state index in [2.05, 4.69) is 25.8 Å². The molecule has 3 aromatic rings. The van der Waals surface area contributed by atoms with E-state index >= 15 is 0 Å². The van der Waals surface area contributed by atoms with Gasteiger partial charge in [-0.1, -0.05) is 23.5 Å². The van der Waals surface area contributed by atoms with Crippen LogP contribution in [0.15, 0.2) is 18.2 Å². The molecular weight excluding hydrogens is 419 g/mol. The number of hydrogen-bond acceptors (Lipinski definition) is 7. The molecule has 4 rings (SSSR count). The van der Waals surface area contributed by atoms with Crippen LogP contribution in [0, 0.1) is 0 Å². The number of benzene rings is 1. The molecule has 0 radical (unpaired) electrons. The van der Waals surface area contributed by atoms with E-state index in [1.165, 1.54) is 17.4 Å². The molecule has 1 N–H and O–H groups in total. The van der Waals surface area contributed by atoms with Crippen LogP contribution < -0.4 is 5.32 Å². The van der Waals surface area contributed by atoms with Crippen LogP contribution in [0.3, 0.4) is 0 Å². The molecule has 1 saturated heterocycles. The van der Waals surface area contributed by atoms with Crippen LogP contribution in [0.25, 0.3) is 11.0 Å². The molecule has 1 aliphatic heterocycles. The van der Waals surface area contributed by atoms with Crippen LogP contribution in [-0.4, -0.2) is 55.6 Å². The third kappa shape index (κ3) is 4.43. The van der Waals surface area contributed by atoms with Gasteiger partial charge in [0.05, 0.1) is 23.7 Å². The van der Waals surface area contributed by atoms with E-state index in [0.29, 0.717) is 23.7 Å². The lowest BCUT2D eigenvalue weighted by atomic mass is 10.0. The number of likely N-dealkylation sites (tertiary alicyclic amines) is 1. The number of aromatic nitrogens is 5. The van der Waals surface area contributed by atoms with Gasteiger partial charge in [0.15, 0.2) is 0 Å². The summed E-state index contributed by atoms with van der Waals surface area (Å²) in [6, 6.07) is 3.53. The molecule has 1 aromatic carbocycles. The van der Waals surface area contributed by atoms with Crippen LogP contribution in [-0.2, 0) is 17.4 Å². The summed E-state index contributed by atoms with van der Waals surface area (Å²) >= 11 is 1.36. The molecular formula is C18H20F3N7OS. The largest absolute Gasteiger partial charge is 0.416 e. The Morgan fingerprint density at radius 1 is 1.23 bits per heavy atom. The second-order valence-electron chi connectivity index (χ2n) is 7.15. The van der Waals surface area contributed by atoms with Gasteiger partial charge in [0.25, 0.3) is 0 Å². The first-order valence-corrected chi connectivity index (χ1v) is 10.4. The molecule has 1 aliphatic rings. The molecule has 1 amide bonds. The SMILES string of the molecule is CCc1nnc(NC(=O)CN2CCC(n3nnc4cc(C(F)(F)F)ccc43)CC2)s1. The van der Waals surface area contributed by atoms with Crippen molar-refractivity contribution in [2.24, 2.45) is 0 Å². The third-order valence-corrected chi connectivity index (χ3v) is 6.07. The zero-order valence-electron chi connectivity index (χ0n) is 16.2. The number of nitrogens with zero attached hydrogens (tertiary/aromatic N) is 6. The van der Waals surface area contributed by atoms with Crippen molar-refractivity contribution in [1.29, 1.82) is 0 Å². The number of alkyl halides is 3. The highest BCUT2D eigenvalue weighted by Crippen LogP contribution is 2.32. The highest BCUT2D eigenvalue weighted by Gasteiger charge is 2.31. The van der Waals surface area contributed by atoms with Gasteiger partial charge in [0.2, 0.25) is 11.0 Å². The highest BCUT2D eigenvalue weighted by atomic mass is 32.1. The molecule has 8 nitrogen and oxygen atoms in total. The van der Waals surface area contributed by atoms with Crippen LogP contribution in [0.5, 0.6) is 0 Å². The summed E-state index contributed by atoms with van der Waals surface area (Å²) in [5.74, 6) is -0.141. The summed E-state index contributed by atoms with van der Waals surface area (Å²) in [5.41, 5.74) is 0.0849. The van der Waals surface area contributed by atoms with Gasteiger partial charge in [-0.05, 0) is 37.5 Å². The van der Waals surface area contributed by atoms with Crippen molar-refractivity contribution < 1.29 is 18.0 Å². The molecule has 0 spiro atoms. The van der Waals surface area contributed by atoms with Gasteiger partial charge in [-0.2, -0.15) is 13.2 Å². The topological polar surface area (TPSA) is 88.8 Å². The Hall–Kier alpha value is -2.60. The molecule has 0 unspecified atom stereocenters. The maximum absolute atomic E-state index is 12.9. The van der Waals surface area contributed by atoms with E-state index in [-0.39, 0.29) is 24.0 Å². The standard InChI is InChI=1S/C18H20F3N7OS/c1-2-16-24-25-17(30-16)22-15(29)10-27-7-5-12(6-8-27)28-14-4-3-11(18(19,20)21)9-13(14)23-26-28/h3-4,9,12H,2,5-8,10H2,1H3,(H,22,25,29). The lowest BCUT2D eigenvalue weighted by Crippen LogP contribution is -2.39. The molecule has 0 aliphatic carbocycles. The first-order chi connectivity index (χ1) is 14.3. The van der Waals surface area contributed by atoms with Crippen molar-refractivity contribution in [3.8, 4) is 0 Å². The minimum absolute atomic E-state index is 0.0290. The first kappa shape index (κ1) is 20.7. The number of piperidine rings is 1. The van der Waals surface area contributed by atoms with Crippen molar-refractivity contribution in [2.75, 3.05) is 25.0 Å². The van der Waals surface area contributed by atoms with E-state index in [1.54, 1.807) is 4.68 Å². The summed E-state index contributed by atoms with van der Waals surface area (Å²) in [4.78, 5) is 14.3. The van der Waals surface area contributed by atoms with Gasteiger partial charge >= 0.3 is 6.18 Å².